The molecule has 220 valence electrons. The zero-order valence-corrected chi connectivity index (χ0v) is 24.1. The molecule has 3 aromatic rings. The van der Waals surface area contributed by atoms with Crippen molar-refractivity contribution in [1.29, 1.82) is 0 Å². The lowest BCUT2D eigenvalue weighted by molar-refractivity contribution is -0.140. The van der Waals surface area contributed by atoms with Gasteiger partial charge >= 0.3 is 6.18 Å². The molecule has 0 aliphatic rings. The molecule has 0 heterocycles. The Hall–Kier alpha value is -3.77. The summed E-state index contributed by atoms with van der Waals surface area (Å²) in [5, 5.41) is 2.18. The summed E-state index contributed by atoms with van der Waals surface area (Å²) in [6.07, 6.45) is -4.63. The van der Waals surface area contributed by atoms with Crippen LogP contribution in [0.2, 0.25) is 5.02 Å². The summed E-state index contributed by atoms with van der Waals surface area (Å²) in [7, 11) is -1.70. The summed E-state index contributed by atoms with van der Waals surface area (Å²) in [6.45, 7) is 0.655. The normalized spacial score (nSPS) is 12.4. The number of sulfonamides is 1. The lowest BCUT2D eigenvalue weighted by Gasteiger charge is -2.33. The lowest BCUT2D eigenvalue weighted by atomic mass is 10.1. The Morgan fingerprint density at radius 3 is 2.20 bits per heavy atom. The van der Waals surface area contributed by atoms with E-state index >= 15 is 0 Å². The molecule has 3 aromatic carbocycles. The Kier molecular flexibility index (Phi) is 10.3. The fourth-order valence-corrected chi connectivity index (χ4v) is 5.84. The standard InChI is InChI=1S/C28H29ClF3N3O5S/c1-4-24(27(37)33-2)34(17-19-10-13-21(40-3)14-11-19)26(36)18-35(41(38,39)22-8-6-5-7-9-22)25-16-20(28(30,31)32)12-15-23(25)29/h5-16,24H,4,17-18H2,1-3H3,(H,33,37). The van der Waals surface area contributed by atoms with E-state index in [-0.39, 0.29) is 22.9 Å². The van der Waals surface area contributed by atoms with Crippen molar-refractivity contribution >= 4 is 39.1 Å². The van der Waals surface area contributed by atoms with E-state index in [4.69, 9.17) is 16.3 Å². The second kappa shape index (κ2) is 13.3. The first kappa shape index (κ1) is 31.8. The number of anilines is 1. The van der Waals surface area contributed by atoms with E-state index < -0.39 is 51.9 Å². The molecule has 2 amide bonds. The minimum Gasteiger partial charge on any atom is -0.497 e. The Bertz CT molecular complexity index is 1470. The second-order valence-corrected chi connectivity index (χ2v) is 11.2. The second-order valence-electron chi connectivity index (χ2n) is 8.90. The molecule has 1 N–H and O–H groups in total. The van der Waals surface area contributed by atoms with Crippen molar-refractivity contribution in [3.05, 3.63) is 88.9 Å². The van der Waals surface area contributed by atoms with E-state index in [1.54, 1.807) is 37.3 Å². The van der Waals surface area contributed by atoms with E-state index in [1.165, 1.54) is 43.3 Å². The van der Waals surface area contributed by atoms with Crippen LogP contribution >= 0.6 is 11.6 Å². The molecule has 0 radical (unpaired) electrons. The smallest absolute Gasteiger partial charge is 0.416 e. The first-order valence-corrected chi connectivity index (χ1v) is 14.2. The molecular formula is C28H29ClF3N3O5S. The number of halogens is 4. The number of nitrogens with zero attached hydrogens (tertiary/aromatic N) is 2. The fraction of sp³-hybridized carbons (Fsp3) is 0.286. The Labute approximate surface area is 241 Å². The maximum absolute atomic E-state index is 13.9. The molecule has 0 bridgehead atoms. The SMILES string of the molecule is CCC(C(=O)NC)N(Cc1ccc(OC)cc1)C(=O)CN(c1cc(C(F)(F)F)ccc1Cl)S(=O)(=O)c1ccccc1. The number of nitrogens with one attached hydrogen (secondary N) is 1. The maximum Gasteiger partial charge on any atom is 0.416 e. The predicted octanol–water partition coefficient (Wildman–Crippen LogP) is 5.12. The average Bonchev–Trinajstić information content (AvgIpc) is 2.96. The minimum absolute atomic E-state index is 0.0930. The molecule has 0 spiro atoms. The van der Waals surface area contributed by atoms with Gasteiger partial charge in [0.2, 0.25) is 11.8 Å². The van der Waals surface area contributed by atoms with Crippen LogP contribution in [0.4, 0.5) is 18.9 Å². The molecule has 1 unspecified atom stereocenters. The van der Waals surface area contributed by atoms with Gasteiger partial charge in [0.25, 0.3) is 10.0 Å². The largest absolute Gasteiger partial charge is 0.497 e. The Morgan fingerprint density at radius 1 is 1.02 bits per heavy atom. The highest BCUT2D eigenvalue weighted by molar-refractivity contribution is 7.92. The molecule has 0 aliphatic heterocycles. The lowest BCUT2D eigenvalue weighted by Crippen LogP contribution is -2.51. The van der Waals surface area contributed by atoms with E-state index in [0.29, 0.717) is 21.7 Å². The van der Waals surface area contributed by atoms with Crippen LogP contribution in [0, 0.1) is 0 Å². The number of likely N-dealkylation sites (N-methyl/N-ethyl adjacent to an activating group) is 1. The van der Waals surface area contributed by atoms with Crippen molar-refractivity contribution in [2.24, 2.45) is 0 Å². The Morgan fingerprint density at radius 2 is 1.66 bits per heavy atom. The highest BCUT2D eigenvalue weighted by Crippen LogP contribution is 2.37. The Balaban J connectivity index is 2.14. The molecule has 3 rings (SSSR count). The number of hydrogen-bond acceptors (Lipinski definition) is 5. The van der Waals surface area contributed by atoms with Crippen molar-refractivity contribution in [2.45, 2.75) is 37.0 Å². The number of amides is 2. The summed E-state index contributed by atoms with van der Waals surface area (Å²) < 4.78 is 74.1. The first-order valence-electron chi connectivity index (χ1n) is 12.4. The van der Waals surface area contributed by atoms with Gasteiger partial charge in [0.05, 0.1) is 28.3 Å². The average molecular weight is 612 g/mol. The third kappa shape index (κ3) is 7.50. The van der Waals surface area contributed by atoms with Crippen LogP contribution in [0.1, 0.15) is 24.5 Å². The van der Waals surface area contributed by atoms with Crippen LogP contribution in [0.5, 0.6) is 5.75 Å². The monoisotopic (exact) mass is 611 g/mol. The topological polar surface area (TPSA) is 96.0 Å². The van der Waals surface area contributed by atoms with Crippen molar-refractivity contribution in [3.8, 4) is 5.75 Å². The van der Waals surface area contributed by atoms with E-state index in [2.05, 4.69) is 5.32 Å². The van der Waals surface area contributed by atoms with Gasteiger partial charge in [-0.25, -0.2) is 8.42 Å². The fourth-order valence-electron chi connectivity index (χ4n) is 4.13. The summed E-state index contributed by atoms with van der Waals surface area (Å²) in [6, 6.07) is 14.8. The highest BCUT2D eigenvalue weighted by Gasteiger charge is 2.36. The third-order valence-electron chi connectivity index (χ3n) is 6.30. The number of carbonyl (C=O) groups is 2. The third-order valence-corrected chi connectivity index (χ3v) is 8.39. The van der Waals surface area contributed by atoms with E-state index in [1.807, 2.05) is 0 Å². The van der Waals surface area contributed by atoms with E-state index in [0.717, 1.165) is 12.1 Å². The van der Waals surface area contributed by atoms with Gasteiger partial charge in [0, 0.05) is 13.6 Å². The van der Waals surface area contributed by atoms with Crippen LogP contribution in [0.25, 0.3) is 0 Å². The number of methoxy groups -OCH3 is 1. The number of benzene rings is 3. The van der Waals surface area contributed by atoms with Gasteiger partial charge in [0.1, 0.15) is 18.3 Å². The summed E-state index contributed by atoms with van der Waals surface area (Å²) >= 11 is 6.24. The zero-order chi connectivity index (χ0) is 30.4. The highest BCUT2D eigenvalue weighted by atomic mass is 35.5. The van der Waals surface area contributed by atoms with Gasteiger partial charge < -0.3 is 15.0 Å². The molecule has 0 aromatic heterocycles. The zero-order valence-electron chi connectivity index (χ0n) is 22.5. The van der Waals surface area contributed by atoms with E-state index in [9.17, 15) is 31.2 Å². The number of hydrogen-bond donors (Lipinski definition) is 1. The van der Waals surface area contributed by atoms with Gasteiger partial charge in [0.15, 0.2) is 0 Å². The molecule has 0 saturated heterocycles. The van der Waals surface area contributed by atoms with Crippen molar-refractivity contribution < 1.29 is 35.9 Å². The van der Waals surface area contributed by atoms with Crippen molar-refractivity contribution in [2.75, 3.05) is 25.0 Å². The molecule has 1 atom stereocenters. The van der Waals surface area contributed by atoms with Gasteiger partial charge in [-0.2, -0.15) is 13.2 Å². The molecule has 0 fully saturated rings. The van der Waals surface area contributed by atoms with Crippen LogP contribution in [-0.4, -0.2) is 51.9 Å². The minimum atomic E-state index is -4.81. The molecule has 0 aliphatic carbocycles. The maximum atomic E-state index is 13.9. The molecule has 8 nitrogen and oxygen atoms in total. The predicted molar refractivity (Wildman–Crippen MR) is 149 cm³/mol. The van der Waals surface area contributed by atoms with Crippen LogP contribution in [-0.2, 0) is 32.3 Å². The molecule has 41 heavy (non-hydrogen) atoms. The number of alkyl halides is 3. The first-order chi connectivity index (χ1) is 19.3. The van der Waals surface area contributed by atoms with Crippen LogP contribution < -0.4 is 14.4 Å². The molecule has 0 saturated carbocycles. The number of rotatable bonds is 11. The van der Waals surface area contributed by atoms with Gasteiger partial charge in [-0.05, 0) is 54.4 Å². The van der Waals surface area contributed by atoms with Crippen LogP contribution in [0.3, 0.4) is 0 Å². The van der Waals surface area contributed by atoms with Gasteiger partial charge in [-0.15, -0.1) is 0 Å². The summed E-state index contributed by atoms with van der Waals surface area (Å²) in [4.78, 5) is 27.6. The quantitative estimate of drug-likeness (QED) is 0.325. The van der Waals surface area contributed by atoms with Gasteiger partial charge in [-0.1, -0.05) is 48.9 Å². The number of ether oxygens (including phenoxy) is 1. The van der Waals surface area contributed by atoms with Crippen molar-refractivity contribution in [1.82, 2.24) is 10.2 Å². The molecule has 13 heteroatoms. The van der Waals surface area contributed by atoms with Crippen molar-refractivity contribution in [3.63, 3.8) is 0 Å². The summed E-state index contributed by atoms with van der Waals surface area (Å²) in [5.41, 5.74) is -1.07. The molecular weight excluding hydrogens is 583 g/mol. The summed E-state index contributed by atoms with van der Waals surface area (Å²) in [5.74, 6) is -0.766. The number of carbonyl (C=O) groups excluding carboxylic acids is 2. The van der Waals surface area contributed by atoms with Crippen LogP contribution in [0.15, 0.2) is 77.7 Å². The van der Waals surface area contributed by atoms with Gasteiger partial charge in [-0.3, -0.25) is 13.9 Å².